The molecule has 0 bridgehead atoms. The molecule has 0 aliphatic carbocycles. The van der Waals surface area contributed by atoms with Gasteiger partial charge in [-0.1, -0.05) is 37.6 Å². The van der Waals surface area contributed by atoms with Crippen molar-refractivity contribution in [3.05, 3.63) is 36.4 Å². The van der Waals surface area contributed by atoms with E-state index in [1.807, 2.05) is 24.3 Å². The molecule has 2 amide bonds. The van der Waals surface area contributed by atoms with E-state index in [2.05, 4.69) is 22.5 Å². The monoisotopic (exact) mass is 273 g/mol. The van der Waals surface area contributed by atoms with Crippen LogP contribution in [0.3, 0.4) is 0 Å². The molecule has 1 aliphatic heterocycles. The molecule has 3 N–H and O–H groups in total. The average molecular weight is 273 g/mol. The van der Waals surface area contributed by atoms with Crippen molar-refractivity contribution in [2.45, 2.75) is 31.7 Å². The van der Waals surface area contributed by atoms with Crippen LogP contribution in [-0.4, -0.2) is 25.2 Å². The van der Waals surface area contributed by atoms with Crippen LogP contribution < -0.4 is 16.0 Å². The van der Waals surface area contributed by atoms with Crippen LogP contribution in [0, 0.1) is 0 Å². The Labute approximate surface area is 120 Å². The molecule has 108 valence electrons. The summed E-state index contributed by atoms with van der Waals surface area (Å²) >= 11 is 0. The molecule has 1 aromatic carbocycles. The molecule has 1 fully saturated rings. The predicted molar refractivity (Wildman–Crippen MR) is 83.8 cm³/mol. The maximum atomic E-state index is 11.8. The molecule has 0 aromatic heterocycles. The van der Waals surface area contributed by atoms with E-state index in [0.717, 1.165) is 24.2 Å². The number of rotatable bonds is 4. The summed E-state index contributed by atoms with van der Waals surface area (Å²) in [6.45, 7) is 5.43. The molecule has 0 unspecified atom stereocenters. The van der Waals surface area contributed by atoms with E-state index in [1.165, 1.54) is 19.3 Å². The Morgan fingerprint density at radius 1 is 1.30 bits per heavy atom. The topological polar surface area (TPSA) is 53.2 Å². The molecular formula is C16H23N3O. The van der Waals surface area contributed by atoms with Gasteiger partial charge in [0.15, 0.2) is 0 Å². The summed E-state index contributed by atoms with van der Waals surface area (Å²) in [6, 6.07) is 7.85. The highest BCUT2D eigenvalue weighted by molar-refractivity contribution is 5.89. The van der Waals surface area contributed by atoms with Crippen LogP contribution >= 0.6 is 0 Å². The van der Waals surface area contributed by atoms with Crippen molar-refractivity contribution >= 4 is 17.8 Å². The largest absolute Gasteiger partial charge is 0.336 e. The van der Waals surface area contributed by atoms with Crippen LogP contribution in [-0.2, 0) is 0 Å². The third kappa shape index (κ3) is 4.70. The molecule has 0 spiro atoms. The number of carbonyl (C=O) groups excluding carboxylic acids is 1. The number of nitrogens with one attached hydrogen (secondary N) is 3. The second-order valence-electron chi connectivity index (χ2n) is 5.16. The van der Waals surface area contributed by atoms with E-state index in [4.69, 9.17) is 0 Å². The molecule has 4 heteroatoms. The highest BCUT2D eigenvalue weighted by Crippen LogP contribution is 2.10. The van der Waals surface area contributed by atoms with E-state index in [1.54, 1.807) is 6.08 Å². The third-order valence-corrected chi connectivity index (χ3v) is 3.58. The Morgan fingerprint density at radius 2 is 2.10 bits per heavy atom. The summed E-state index contributed by atoms with van der Waals surface area (Å²) in [5, 5.41) is 9.22. The van der Waals surface area contributed by atoms with Crippen molar-refractivity contribution in [1.29, 1.82) is 0 Å². The maximum Gasteiger partial charge on any atom is 0.319 e. The van der Waals surface area contributed by atoms with Gasteiger partial charge in [-0.3, -0.25) is 0 Å². The third-order valence-electron chi connectivity index (χ3n) is 3.58. The molecule has 4 nitrogen and oxygen atoms in total. The van der Waals surface area contributed by atoms with Gasteiger partial charge in [0.25, 0.3) is 0 Å². The minimum Gasteiger partial charge on any atom is -0.336 e. The van der Waals surface area contributed by atoms with Crippen molar-refractivity contribution in [2.24, 2.45) is 0 Å². The molecule has 0 saturated carbocycles. The zero-order chi connectivity index (χ0) is 14.2. The Hall–Kier alpha value is -1.81. The summed E-state index contributed by atoms with van der Waals surface area (Å²) in [7, 11) is 0. The number of hydrogen-bond acceptors (Lipinski definition) is 2. The fraction of sp³-hybridized carbons (Fsp3) is 0.438. The van der Waals surface area contributed by atoms with Gasteiger partial charge in [0.2, 0.25) is 0 Å². The Morgan fingerprint density at radius 3 is 2.85 bits per heavy atom. The zero-order valence-electron chi connectivity index (χ0n) is 11.8. The number of benzene rings is 1. The number of carbonyl (C=O) groups is 1. The van der Waals surface area contributed by atoms with Gasteiger partial charge in [0.05, 0.1) is 0 Å². The first-order chi connectivity index (χ1) is 9.78. The van der Waals surface area contributed by atoms with Crippen LogP contribution in [0.1, 0.15) is 31.2 Å². The highest BCUT2D eigenvalue weighted by atomic mass is 16.2. The number of anilines is 1. The molecule has 2 rings (SSSR count). The Kier molecular flexibility index (Phi) is 5.62. The second kappa shape index (κ2) is 7.70. The van der Waals surface area contributed by atoms with E-state index in [-0.39, 0.29) is 6.03 Å². The maximum absolute atomic E-state index is 11.8. The van der Waals surface area contributed by atoms with Crippen LogP contribution in [0.2, 0.25) is 0 Å². The molecule has 0 radical (unpaired) electrons. The summed E-state index contributed by atoms with van der Waals surface area (Å²) in [5.74, 6) is 0. The normalized spacial score (nSPS) is 18.9. The van der Waals surface area contributed by atoms with E-state index >= 15 is 0 Å². The van der Waals surface area contributed by atoms with Crippen LogP contribution in [0.15, 0.2) is 30.8 Å². The van der Waals surface area contributed by atoms with Crippen molar-refractivity contribution in [3.8, 4) is 0 Å². The van der Waals surface area contributed by atoms with Crippen molar-refractivity contribution in [2.75, 3.05) is 18.4 Å². The van der Waals surface area contributed by atoms with E-state index in [9.17, 15) is 4.79 Å². The lowest BCUT2D eigenvalue weighted by Gasteiger charge is -2.16. The minimum atomic E-state index is -0.151. The fourth-order valence-corrected chi connectivity index (χ4v) is 2.37. The molecule has 1 heterocycles. The standard InChI is InChI=1S/C16H23N3O/c1-2-13-7-9-14(10-8-13)19-16(20)18-12-15-6-4-3-5-11-17-15/h2,7-10,15,17H,1,3-6,11-12H2,(H2,18,19,20)/t15-/m1/s1. The smallest absolute Gasteiger partial charge is 0.319 e. The summed E-state index contributed by atoms with van der Waals surface area (Å²) in [6.07, 6.45) is 6.67. The lowest BCUT2D eigenvalue weighted by molar-refractivity contribution is 0.250. The zero-order valence-corrected chi connectivity index (χ0v) is 11.8. The number of hydrogen-bond donors (Lipinski definition) is 3. The van der Waals surface area contributed by atoms with Gasteiger partial charge < -0.3 is 16.0 Å². The molecule has 20 heavy (non-hydrogen) atoms. The predicted octanol–water partition coefficient (Wildman–Crippen LogP) is 2.98. The summed E-state index contributed by atoms with van der Waals surface area (Å²) < 4.78 is 0. The average Bonchev–Trinajstić information content (AvgIpc) is 2.74. The minimum absolute atomic E-state index is 0.151. The lowest BCUT2D eigenvalue weighted by atomic mass is 10.1. The van der Waals surface area contributed by atoms with Gasteiger partial charge in [0.1, 0.15) is 0 Å². The molecular weight excluding hydrogens is 250 g/mol. The first-order valence-electron chi connectivity index (χ1n) is 7.28. The highest BCUT2D eigenvalue weighted by Gasteiger charge is 2.12. The van der Waals surface area contributed by atoms with Crippen LogP contribution in [0.5, 0.6) is 0 Å². The molecule has 1 aromatic rings. The van der Waals surface area contributed by atoms with Crippen LogP contribution in [0.25, 0.3) is 6.08 Å². The molecule has 1 saturated heterocycles. The first-order valence-corrected chi connectivity index (χ1v) is 7.28. The molecule has 1 aliphatic rings. The van der Waals surface area contributed by atoms with Gasteiger partial charge in [-0.25, -0.2) is 4.79 Å². The van der Waals surface area contributed by atoms with Crippen molar-refractivity contribution in [3.63, 3.8) is 0 Å². The van der Waals surface area contributed by atoms with Gasteiger partial charge >= 0.3 is 6.03 Å². The second-order valence-corrected chi connectivity index (χ2v) is 5.16. The van der Waals surface area contributed by atoms with Gasteiger partial charge in [-0.15, -0.1) is 0 Å². The lowest BCUT2D eigenvalue weighted by Crippen LogP contribution is -2.41. The SMILES string of the molecule is C=Cc1ccc(NC(=O)NC[C@H]2CCCCCN2)cc1. The fourth-order valence-electron chi connectivity index (χ4n) is 2.37. The Bertz CT molecular complexity index is 434. The first kappa shape index (κ1) is 14.6. The number of amides is 2. The summed E-state index contributed by atoms with van der Waals surface area (Å²) in [5.41, 5.74) is 1.83. The molecule has 1 atom stereocenters. The van der Waals surface area contributed by atoms with Gasteiger partial charge in [-0.05, 0) is 37.1 Å². The van der Waals surface area contributed by atoms with Crippen molar-refractivity contribution < 1.29 is 4.79 Å². The quantitative estimate of drug-likeness (QED) is 0.790. The van der Waals surface area contributed by atoms with Crippen LogP contribution in [0.4, 0.5) is 10.5 Å². The van der Waals surface area contributed by atoms with Gasteiger partial charge in [-0.2, -0.15) is 0 Å². The van der Waals surface area contributed by atoms with E-state index in [0.29, 0.717) is 12.6 Å². The summed E-state index contributed by atoms with van der Waals surface area (Å²) in [4.78, 5) is 11.8. The Balaban J connectivity index is 1.75. The van der Waals surface area contributed by atoms with E-state index < -0.39 is 0 Å². The van der Waals surface area contributed by atoms with Gasteiger partial charge in [0, 0.05) is 18.3 Å². The number of urea groups is 1. The van der Waals surface area contributed by atoms with Crippen molar-refractivity contribution in [1.82, 2.24) is 10.6 Å².